The maximum atomic E-state index is 11.3. The largest absolute Gasteiger partial charge is 0.481 e. The van der Waals surface area contributed by atoms with E-state index < -0.39 is 11.9 Å². The van der Waals surface area contributed by atoms with Crippen LogP contribution in [0, 0.1) is 13.8 Å². The molecule has 15 heavy (non-hydrogen) atoms. The fourth-order valence-corrected chi connectivity index (χ4v) is 1.61. The summed E-state index contributed by atoms with van der Waals surface area (Å²) in [7, 11) is 1.59. The van der Waals surface area contributed by atoms with Crippen molar-refractivity contribution in [3.63, 3.8) is 0 Å². The Bertz CT molecular complexity index is 462. The van der Waals surface area contributed by atoms with Crippen molar-refractivity contribution in [2.75, 3.05) is 0 Å². The Balaban J connectivity index is 3.49. The number of aliphatic carboxylic acids is 1. The summed E-state index contributed by atoms with van der Waals surface area (Å²) >= 11 is 0. The quantitative estimate of drug-likeness (QED) is 0.775. The van der Waals surface area contributed by atoms with Crippen LogP contribution in [0.15, 0.2) is 4.79 Å². The van der Waals surface area contributed by atoms with E-state index in [0.29, 0.717) is 17.0 Å². The zero-order valence-corrected chi connectivity index (χ0v) is 9.24. The van der Waals surface area contributed by atoms with Crippen LogP contribution in [0.2, 0.25) is 0 Å². The molecular formula is C10H14N2O3. The Kier molecular flexibility index (Phi) is 2.93. The van der Waals surface area contributed by atoms with E-state index in [9.17, 15) is 9.59 Å². The third kappa shape index (κ3) is 1.91. The molecule has 82 valence electrons. The number of hydrogen-bond donors (Lipinski definition) is 1. The molecule has 0 saturated heterocycles. The molecule has 1 atom stereocenters. The fourth-order valence-electron chi connectivity index (χ4n) is 1.61. The lowest BCUT2D eigenvalue weighted by atomic mass is 9.98. The molecule has 0 aliphatic carbocycles. The molecule has 5 heteroatoms. The van der Waals surface area contributed by atoms with E-state index in [4.69, 9.17) is 5.11 Å². The minimum Gasteiger partial charge on any atom is -0.481 e. The van der Waals surface area contributed by atoms with Crippen molar-refractivity contribution in [2.24, 2.45) is 7.05 Å². The Hall–Kier alpha value is -1.65. The zero-order valence-electron chi connectivity index (χ0n) is 9.24. The van der Waals surface area contributed by atoms with Crippen LogP contribution in [0.25, 0.3) is 0 Å². The van der Waals surface area contributed by atoms with Crippen molar-refractivity contribution in [3.8, 4) is 0 Å². The van der Waals surface area contributed by atoms with Gasteiger partial charge in [-0.3, -0.25) is 9.36 Å². The van der Waals surface area contributed by atoms with Crippen LogP contribution in [0.5, 0.6) is 0 Å². The van der Waals surface area contributed by atoms with Crippen molar-refractivity contribution in [1.82, 2.24) is 9.55 Å². The van der Waals surface area contributed by atoms with Gasteiger partial charge in [0.25, 0.3) is 0 Å². The molecule has 0 radical (unpaired) electrons. The van der Waals surface area contributed by atoms with Gasteiger partial charge in [-0.15, -0.1) is 0 Å². The lowest BCUT2D eigenvalue weighted by Gasteiger charge is -2.15. The number of aromatic nitrogens is 2. The number of aryl methyl sites for hydroxylation is 1. The van der Waals surface area contributed by atoms with Gasteiger partial charge in [0.15, 0.2) is 0 Å². The van der Waals surface area contributed by atoms with Gasteiger partial charge in [0, 0.05) is 24.0 Å². The Morgan fingerprint density at radius 2 is 2.00 bits per heavy atom. The molecule has 0 bridgehead atoms. The first kappa shape index (κ1) is 11.4. The summed E-state index contributed by atoms with van der Waals surface area (Å²) < 4.78 is 1.36. The average molecular weight is 210 g/mol. The molecule has 1 rings (SSSR count). The monoisotopic (exact) mass is 210 g/mol. The molecule has 0 aliphatic rings. The lowest BCUT2D eigenvalue weighted by molar-refractivity contribution is -0.138. The van der Waals surface area contributed by atoms with Crippen LogP contribution in [0.4, 0.5) is 0 Å². The Morgan fingerprint density at radius 1 is 1.47 bits per heavy atom. The first-order valence-electron chi connectivity index (χ1n) is 4.63. The normalized spacial score (nSPS) is 12.5. The standard InChI is InChI=1S/C10H14N2O3/c1-5(9(13)14)8-6(2)11-10(15)12(4)7(8)3/h5H,1-4H3,(H,13,14). The van der Waals surface area contributed by atoms with Crippen molar-refractivity contribution in [1.29, 1.82) is 0 Å². The molecule has 0 saturated carbocycles. The van der Waals surface area contributed by atoms with Crippen LogP contribution in [-0.4, -0.2) is 20.6 Å². The molecule has 1 N–H and O–H groups in total. The van der Waals surface area contributed by atoms with Crippen LogP contribution < -0.4 is 5.69 Å². The predicted octanol–water partition coefficient (Wildman–Crippen LogP) is 0.585. The highest BCUT2D eigenvalue weighted by atomic mass is 16.4. The summed E-state index contributed by atoms with van der Waals surface area (Å²) in [6.07, 6.45) is 0. The summed E-state index contributed by atoms with van der Waals surface area (Å²) in [6.45, 7) is 4.97. The van der Waals surface area contributed by atoms with Gasteiger partial charge in [0.2, 0.25) is 0 Å². The minimum absolute atomic E-state index is 0.355. The van der Waals surface area contributed by atoms with Gasteiger partial charge in [-0.1, -0.05) is 0 Å². The lowest BCUT2D eigenvalue weighted by Crippen LogP contribution is -2.27. The molecule has 0 amide bonds. The first-order chi connectivity index (χ1) is 6.86. The smallest absolute Gasteiger partial charge is 0.347 e. The van der Waals surface area contributed by atoms with Crippen LogP contribution in [0.1, 0.15) is 29.8 Å². The highest BCUT2D eigenvalue weighted by molar-refractivity contribution is 5.76. The summed E-state index contributed by atoms with van der Waals surface area (Å²) in [4.78, 5) is 26.0. The number of carboxylic acids is 1. The van der Waals surface area contributed by atoms with Crippen LogP contribution in [0.3, 0.4) is 0 Å². The average Bonchev–Trinajstić information content (AvgIpc) is 2.14. The first-order valence-corrected chi connectivity index (χ1v) is 4.63. The van der Waals surface area contributed by atoms with Gasteiger partial charge >= 0.3 is 11.7 Å². The Labute approximate surface area is 87.4 Å². The summed E-state index contributed by atoms with van der Waals surface area (Å²) in [5.74, 6) is -1.56. The summed E-state index contributed by atoms with van der Waals surface area (Å²) in [5.41, 5.74) is 1.41. The zero-order chi connectivity index (χ0) is 11.7. The summed E-state index contributed by atoms with van der Waals surface area (Å²) in [5, 5.41) is 8.93. The highest BCUT2D eigenvalue weighted by Crippen LogP contribution is 2.20. The van der Waals surface area contributed by atoms with Gasteiger partial charge in [-0.05, 0) is 20.8 Å². The van der Waals surface area contributed by atoms with E-state index in [1.165, 1.54) is 4.57 Å². The fraction of sp³-hybridized carbons (Fsp3) is 0.500. The highest BCUT2D eigenvalue weighted by Gasteiger charge is 2.20. The summed E-state index contributed by atoms with van der Waals surface area (Å²) in [6, 6.07) is 0. The van der Waals surface area contributed by atoms with Crippen molar-refractivity contribution in [3.05, 3.63) is 27.4 Å². The van der Waals surface area contributed by atoms with E-state index in [2.05, 4.69) is 4.98 Å². The van der Waals surface area contributed by atoms with E-state index in [1.807, 2.05) is 0 Å². The molecule has 5 nitrogen and oxygen atoms in total. The number of carboxylic acid groups (broad SMARTS) is 1. The minimum atomic E-state index is -0.915. The van der Waals surface area contributed by atoms with Crippen LogP contribution in [-0.2, 0) is 11.8 Å². The molecule has 0 aliphatic heterocycles. The number of nitrogens with zero attached hydrogens (tertiary/aromatic N) is 2. The van der Waals surface area contributed by atoms with Crippen LogP contribution >= 0.6 is 0 Å². The number of hydrogen-bond acceptors (Lipinski definition) is 3. The van der Waals surface area contributed by atoms with E-state index >= 15 is 0 Å². The Morgan fingerprint density at radius 3 is 2.47 bits per heavy atom. The second kappa shape index (κ2) is 3.84. The van der Waals surface area contributed by atoms with Gasteiger partial charge in [-0.25, -0.2) is 4.79 Å². The topological polar surface area (TPSA) is 72.2 Å². The number of carbonyl (C=O) groups is 1. The predicted molar refractivity (Wildman–Crippen MR) is 55.0 cm³/mol. The third-order valence-corrected chi connectivity index (χ3v) is 2.64. The van der Waals surface area contributed by atoms with Gasteiger partial charge < -0.3 is 5.11 Å². The maximum Gasteiger partial charge on any atom is 0.347 e. The molecular weight excluding hydrogens is 196 g/mol. The van der Waals surface area contributed by atoms with E-state index in [0.717, 1.165) is 0 Å². The van der Waals surface area contributed by atoms with Gasteiger partial charge in [0.1, 0.15) is 0 Å². The molecule has 0 fully saturated rings. The maximum absolute atomic E-state index is 11.3. The number of rotatable bonds is 2. The second-order valence-electron chi connectivity index (χ2n) is 3.60. The van der Waals surface area contributed by atoms with Crippen molar-refractivity contribution >= 4 is 5.97 Å². The van der Waals surface area contributed by atoms with Crippen molar-refractivity contribution < 1.29 is 9.90 Å². The van der Waals surface area contributed by atoms with Gasteiger partial charge in [-0.2, -0.15) is 4.98 Å². The van der Waals surface area contributed by atoms with Crippen molar-refractivity contribution in [2.45, 2.75) is 26.7 Å². The molecule has 0 aromatic carbocycles. The molecule has 1 aromatic rings. The third-order valence-electron chi connectivity index (χ3n) is 2.64. The van der Waals surface area contributed by atoms with E-state index in [-0.39, 0.29) is 5.69 Å². The second-order valence-corrected chi connectivity index (χ2v) is 3.60. The van der Waals surface area contributed by atoms with Gasteiger partial charge in [0.05, 0.1) is 5.92 Å². The van der Waals surface area contributed by atoms with E-state index in [1.54, 1.807) is 27.8 Å². The molecule has 1 unspecified atom stereocenters. The SMILES string of the molecule is Cc1nc(=O)n(C)c(C)c1C(C)C(=O)O. The molecule has 1 aromatic heterocycles. The molecule has 0 spiro atoms. The molecule has 1 heterocycles.